The average molecular weight is 327 g/mol. The van der Waals surface area contributed by atoms with Crippen molar-refractivity contribution in [2.75, 3.05) is 25.1 Å². The minimum atomic E-state index is -0.650. The lowest BCUT2D eigenvalue weighted by Crippen LogP contribution is -2.28. The second-order valence-corrected chi connectivity index (χ2v) is 5.68. The first kappa shape index (κ1) is 18.7. The molecule has 0 spiro atoms. The minimum Gasteiger partial charge on any atom is -0.479 e. The SMILES string of the molecule is CCOC(=O)COc1ccc(NCC(=O)OC(C)(C)C)cc1F. The zero-order valence-corrected chi connectivity index (χ0v) is 13.8. The standard InChI is InChI=1S/C16H22FNO5/c1-5-21-15(20)10-22-13-7-6-11(8-12(13)17)18-9-14(19)23-16(2,3)4/h6-8,18H,5,9-10H2,1-4H3. The first-order valence-corrected chi connectivity index (χ1v) is 7.25. The second kappa shape index (κ2) is 8.36. The van der Waals surface area contributed by atoms with Crippen LogP contribution in [0.25, 0.3) is 0 Å². The van der Waals surface area contributed by atoms with Crippen molar-refractivity contribution in [3.8, 4) is 5.75 Å². The van der Waals surface area contributed by atoms with E-state index in [0.29, 0.717) is 5.69 Å². The maximum absolute atomic E-state index is 13.8. The van der Waals surface area contributed by atoms with Gasteiger partial charge in [0.25, 0.3) is 0 Å². The summed E-state index contributed by atoms with van der Waals surface area (Å²) in [6, 6.07) is 4.07. The van der Waals surface area contributed by atoms with Gasteiger partial charge >= 0.3 is 11.9 Å². The van der Waals surface area contributed by atoms with Gasteiger partial charge in [-0.05, 0) is 39.8 Å². The van der Waals surface area contributed by atoms with Crippen LogP contribution in [-0.2, 0) is 19.1 Å². The van der Waals surface area contributed by atoms with Gasteiger partial charge in [-0.2, -0.15) is 0 Å². The van der Waals surface area contributed by atoms with Gasteiger partial charge in [0.2, 0.25) is 0 Å². The Hall–Kier alpha value is -2.31. The van der Waals surface area contributed by atoms with Crippen LogP contribution in [-0.4, -0.2) is 37.3 Å². The van der Waals surface area contributed by atoms with Gasteiger partial charge in [0.1, 0.15) is 12.1 Å². The molecule has 0 heterocycles. The van der Waals surface area contributed by atoms with Crippen LogP contribution in [0.15, 0.2) is 18.2 Å². The van der Waals surface area contributed by atoms with E-state index in [9.17, 15) is 14.0 Å². The molecular formula is C16H22FNO5. The summed E-state index contributed by atoms with van der Waals surface area (Å²) in [5.74, 6) is -1.73. The lowest BCUT2D eigenvalue weighted by Gasteiger charge is -2.19. The van der Waals surface area contributed by atoms with Gasteiger partial charge in [-0.1, -0.05) is 0 Å². The topological polar surface area (TPSA) is 73.9 Å². The summed E-state index contributed by atoms with van der Waals surface area (Å²) in [6.07, 6.45) is 0. The molecule has 0 bridgehead atoms. The normalized spacial score (nSPS) is 10.8. The van der Waals surface area contributed by atoms with Crippen LogP contribution in [0.5, 0.6) is 5.75 Å². The van der Waals surface area contributed by atoms with Crippen molar-refractivity contribution < 1.29 is 28.2 Å². The highest BCUT2D eigenvalue weighted by Crippen LogP contribution is 2.21. The maximum atomic E-state index is 13.8. The van der Waals surface area contributed by atoms with E-state index in [4.69, 9.17) is 9.47 Å². The van der Waals surface area contributed by atoms with E-state index in [1.54, 1.807) is 27.7 Å². The lowest BCUT2D eigenvalue weighted by atomic mass is 10.2. The Bertz CT molecular complexity index is 554. The van der Waals surface area contributed by atoms with Gasteiger partial charge in [-0.15, -0.1) is 0 Å². The van der Waals surface area contributed by atoms with Crippen molar-refractivity contribution in [3.63, 3.8) is 0 Å². The minimum absolute atomic E-state index is 0.0686. The molecule has 1 aromatic carbocycles. The number of nitrogens with one attached hydrogen (secondary N) is 1. The number of anilines is 1. The Kier molecular flexibility index (Phi) is 6.81. The van der Waals surface area contributed by atoms with Gasteiger partial charge in [0.15, 0.2) is 18.2 Å². The summed E-state index contributed by atoms with van der Waals surface area (Å²) in [5.41, 5.74) is -0.175. The number of esters is 2. The van der Waals surface area contributed by atoms with Gasteiger partial charge in [0, 0.05) is 11.8 Å². The number of carbonyl (C=O) groups is 2. The van der Waals surface area contributed by atoms with Crippen LogP contribution in [0.3, 0.4) is 0 Å². The van der Waals surface area contributed by atoms with Crippen molar-refractivity contribution in [3.05, 3.63) is 24.0 Å². The summed E-state index contributed by atoms with van der Waals surface area (Å²) in [5, 5.41) is 2.76. The Morgan fingerprint density at radius 2 is 1.91 bits per heavy atom. The summed E-state index contributed by atoms with van der Waals surface area (Å²) >= 11 is 0. The third-order valence-electron chi connectivity index (χ3n) is 2.44. The van der Waals surface area contributed by atoms with Gasteiger partial charge < -0.3 is 19.5 Å². The fraction of sp³-hybridized carbons (Fsp3) is 0.500. The Morgan fingerprint density at radius 3 is 2.48 bits per heavy atom. The molecule has 0 aliphatic carbocycles. The van der Waals surface area contributed by atoms with Crippen LogP contribution in [0.4, 0.5) is 10.1 Å². The predicted octanol–water partition coefficient (Wildman–Crippen LogP) is 2.52. The average Bonchev–Trinajstić information content (AvgIpc) is 2.42. The van der Waals surface area contributed by atoms with Crippen molar-refractivity contribution >= 4 is 17.6 Å². The van der Waals surface area contributed by atoms with E-state index in [1.807, 2.05) is 0 Å². The summed E-state index contributed by atoms with van der Waals surface area (Å²) in [7, 11) is 0. The highest BCUT2D eigenvalue weighted by Gasteiger charge is 2.16. The van der Waals surface area contributed by atoms with Crippen LogP contribution in [0.2, 0.25) is 0 Å². The zero-order chi connectivity index (χ0) is 17.5. The number of hydrogen-bond donors (Lipinski definition) is 1. The molecule has 0 unspecified atom stereocenters. The Labute approximate surface area is 134 Å². The molecule has 23 heavy (non-hydrogen) atoms. The molecule has 1 aromatic rings. The van der Waals surface area contributed by atoms with E-state index in [1.165, 1.54) is 18.2 Å². The summed E-state index contributed by atoms with van der Waals surface area (Å²) in [4.78, 5) is 22.7. The van der Waals surface area contributed by atoms with Gasteiger partial charge in [0.05, 0.1) is 6.61 Å². The molecule has 0 aliphatic heterocycles. The molecule has 6 nitrogen and oxygen atoms in total. The zero-order valence-electron chi connectivity index (χ0n) is 13.8. The largest absolute Gasteiger partial charge is 0.479 e. The van der Waals surface area contributed by atoms with Crippen LogP contribution < -0.4 is 10.1 Å². The third kappa shape index (κ3) is 7.49. The van der Waals surface area contributed by atoms with Crippen LogP contribution in [0.1, 0.15) is 27.7 Å². The lowest BCUT2D eigenvalue weighted by molar-refractivity contribution is -0.152. The fourth-order valence-corrected chi connectivity index (χ4v) is 1.62. The number of hydrogen-bond acceptors (Lipinski definition) is 6. The quantitative estimate of drug-likeness (QED) is 0.776. The predicted molar refractivity (Wildman–Crippen MR) is 82.9 cm³/mol. The molecule has 7 heteroatoms. The van der Waals surface area contributed by atoms with Crippen molar-refractivity contribution in [2.24, 2.45) is 0 Å². The molecule has 1 rings (SSSR count). The van der Waals surface area contributed by atoms with Gasteiger partial charge in [-0.25, -0.2) is 9.18 Å². The highest BCUT2D eigenvalue weighted by atomic mass is 19.1. The van der Waals surface area contributed by atoms with Crippen LogP contribution in [0, 0.1) is 5.82 Å². The molecule has 0 radical (unpaired) electrons. The molecule has 0 aliphatic rings. The molecule has 1 N–H and O–H groups in total. The Balaban J connectivity index is 2.52. The number of benzene rings is 1. The van der Waals surface area contributed by atoms with E-state index in [0.717, 1.165) is 0 Å². The first-order valence-electron chi connectivity index (χ1n) is 7.25. The molecule has 0 saturated carbocycles. The van der Waals surface area contributed by atoms with Crippen LogP contribution >= 0.6 is 0 Å². The maximum Gasteiger partial charge on any atom is 0.344 e. The summed E-state index contributed by atoms with van der Waals surface area (Å²) in [6.45, 7) is 6.75. The van der Waals surface area contributed by atoms with Crippen molar-refractivity contribution in [2.45, 2.75) is 33.3 Å². The van der Waals surface area contributed by atoms with E-state index >= 15 is 0 Å². The Morgan fingerprint density at radius 1 is 1.22 bits per heavy atom. The highest BCUT2D eigenvalue weighted by molar-refractivity contribution is 5.75. The summed E-state index contributed by atoms with van der Waals surface area (Å²) < 4.78 is 28.7. The van der Waals surface area contributed by atoms with Crippen molar-refractivity contribution in [1.82, 2.24) is 0 Å². The number of halogens is 1. The first-order chi connectivity index (χ1) is 10.7. The van der Waals surface area contributed by atoms with E-state index in [2.05, 4.69) is 10.1 Å². The molecule has 128 valence electrons. The smallest absolute Gasteiger partial charge is 0.344 e. The molecule has 0 aromatic heterocycles. The molecule has 0 fully saturated rings. The molecule has 0 atom stereocenters. The second-order valence-electron chi connectivity index (χ2n) is 5.68. The third-order valence-corrected chi connectivity index (χ3v) is 2.44. The molecule has 0 saturated heterocycles. The molecular weight excluding hydrogens is 305 g/mol. The van der Waals surface area contributed by atoms with E-state index < -0.39 is 23.4 Å². The number of rotatable bonds is 7. The van der Waals surface area contributed by atoms with Crippen molar-refractivity contribution in [1.29, 1.82) is 0 Å². The fourth-order valence-electron chi connectivity index (χ4n) is 1.62. The monoisotopic (exact) mass is 327 g/mol. The number of carbonyl (C=O) groups excluding carboxylic acids is 2. The van der Waals surface area contributed by atoms with E-state index in [-0.39, 0.29) is 25.5 Å². The van der Waals surface area contributed by atoms with Gasteiger partial charge in [-0.3, -0.25) is 4.79 Å². The molecule has 0 amide bonds. The number of ether oxygens (including phenoxy) is 3.